The molecule has 0 saturated carbocycles. The van der Waals surface area contributed by atoms with Crippen LogP contribution in [0.4, 0.5) is 5.69 Å². The Hall–Kier alpha value is -2.17. The highest BCUT2D eigenvalue weighted by Gasteiger charge is 2.32. The first-order chi connectivity index (χ1) is 9.45. The zero-order valence-electron chi connectivity index (χ0n) is 11.5. The molecule has 1 atom stereocenters. The van der Waals surface area contributed by atoms with Gasteiger partial charge in [0.05, 0.1) is 11.3 Å². The Kier molecular flexibility index (Phi) is 3.88. The first-order valence-corrected chi connectivity index (χ1v) is 6.68. The highest BCUT2D eigenvalue weighted by molar-refractivity contribution is 6.10. The van der Waals surface area contributed by atoms with Gasteiger partial charge >= 0.3 is 5.97 Å². The molecule has 1 heterocycles. The van der Waals surface area contributed by atoms with Crippen molar-refractivity contribution in [3.8, 4) is 0 Å². The molecule has 1 aromatic carbocycles. The molecule has 20 heavy (non-hydrogen) atoms. The normalized spacial score (nSPS) is 17.8. The molecule has 0 unspecified atom stereocenters. The Morgan fingerprint density at radius 2 is 2.10 bits per heavy atom. The maximum absolute atomic E-state index is 12.2. The molecule has 1 aliphatic heterocycles. The molecular weight excluding hydrogens is 258 g/mol. The Balaban J connectivity index is 2.49. The van der Waals surface area contributed by atoms with Crippen LogP contribution in [0.25, 0.3) is 0 Å². The molecule has 1 amide bonds. The van der Waals surface area contributed by atoms with Crippen molar-refractivity contribution in [3.05, 3.63) is 29.3 Å². The van der Waals surface area contributed by atoms with Crippen LogP contribution in [0.1, 0.15) is 53.8 Å². The predicted molar refractivity (Wildman–Crippen MR) is 74.2 cm³/mol. The fourth-order valence-corrected chi connectivity index (χ4v) is 2.52. The number of amides is 1. The van der Waals surface area contributed by atoms with Gasteiger partial charge in [0.25, 0.3) is 0 Å². The maximum atomic E-state index is 12.2. The Morgan fingerprint density at radius 1 is 1.40 bits per heavy atom. The SMILES string of the molecule is CCCC(=O)N1c2ccc(C(=O)O)cc2C(=O)C[C@@H]1C. The van der Waals surface area contributed by atoms with Gasteiger partial charge in [0.15, 0.2) is 5.78 Å². The number of fused-ring (bicyclic) bond motifs is 1. The van der Waals surface area contributed by atoms with Gasteiger partial charge in [0.2, 0.25) is 5.91 Å². The number of ketones is 1. The number of Topliss-reactive ketones (excluding diaryl/α,β-unsaturated/α-hetero) is 1. The van der Waals surface area contributed by atoms with Crippen molar-refractivity contribution >= 4 is 23.3 Å². The van der Waals surface area contributed by atoms with E-state index in [-0.39, 0.29) is 29.7 Å². The van der Waals surface area contributed by atoms with Crippen molar-refractivity contribution in [1.29, 1.82) is 0 Å². The molecule has 0 bridgehead atoms. The molecule has 0 fully saturated rings. The van der Waals surface area contributed by atoms with E-state index in [1.807, 2.05) is 13.8 Å². The lowest BCUT2D eigenvalue weighted by molar-refractivity contribution is -0.119. The number of carbonyl (C=O) groups excluding carboxylic acids is 2. The fraction of sp³-hybridized carbons (Fsp3) is 0.400. The fourth-order valence-electron chi connectivity index (χ4n) is 2.52. The van der Waals surface area contributed by atoms with Crippen molar-refractivity contribution in [2.24, 2.45) is 0 Å². The van der Waals surface area contributed by atoms with Gasteiger partial charge in [-0.3, -0.25) is 9.59 Å². The van der Waals surface area contributed by atoms with E-state index in [9.17, 15) is 14.4 Å². The molecule has 1 aliphatic rings. The number of hydrogen-bond donors (Lipinski definition) is 1. The van der Waals surface area contributed by atoms with E-state index >= 15 is 0 Å². The van der Waals surface area contributed by atoms with Crippen LogP contribution in [-0.4, -0.2) is 28.8 Å². The third kappa shape index (κ3) is 2.43. The zero-order chi connectivity index (χ0) is 14.9. The number of carboxylic acids is 1. The molecule has 0 aromatic heterocycles. The van der Waals surface area contributed by atoms with E-state index in [1.165, 1.54) is 12.1 Å². The maximum Gasteiger partial charge on any atom is 0.335 e. The minimum absolute atomic E-state index is 0.0307. The van der Waals surface area contributed by atoms with Gasteiger partial charge in [0, 0.05) is 24.4 Å². The summed E-state index contributed by atoms with van der Waals surface area (Å²) in [5.41, 5.74) is 0.916. The summed E-state index contributed by atoms with van der Waals surface area (Å²) < 4.78 is 0. The van der Waals surface area contributed by atoms with Crippen LogP contribution in [0.15, 0.2) is 18.2 Å². The van der Waals surface area contributed by atoms with Crippen LogP contribution in [0, 0.1) is 0 Å². The summed E-state index contributed by atoms with van der Waals surface area (Å²) >= 11 is 0. The number of aromatic carboxylic acids is 1. The second kappa shape index (κ2) is 5.45. The summed E-state index contributed by atoms with van der Waals surface area (Å²) in [6, 6.07) is 4.15. The number of hydrogen-bond acceptors (Lipinski definition) is 3. The predicted octanol–water partition coefficient (Wildman–Crippen LogP) is 2.49. The number of benzene rings is 1. The van der Waals surface area contributed by atoms with Gasteiger partial charge in [0.1, 0.15) is 0 Å². The topological polar surface area (TPSA) is 74.7 Å². The van der Waals surface area contributed by atoms with E-state index < -0.39 is 5.97 Å². The van der Waals surface area contributed by atoms with Gasteiger partial charge in [-0.1, -0.05) is 6.92 Å². The summed E-state index contributed by atoms with van der Waals surface area (Å²) in [5, 5.41) is 8.99. The minimum atomic E-state index is -1.08. The molecule has 2 rings (SSSR count). The van der Waals surface area contributed by atoms with E-state index in [0.29, 0.717) is 17.7 Å². The van der Waals surface area contributed by atoms with E-state index in [2.05, 4.69) is 0 Å². The summed E-state index contributed by atoms with van der Waals surface area (Å²) in [4.78, 5) is 36.9. The molecular formula is C15H17NO4. The van der Waals surface area contributed by atoms with Gasteiger partial charge in [-0.2, -0.15) is 0 Å². The lowest BCUT2D eigenvalue weighted by Crippen LogP contribution is -2.43. The Labute approximate surface area is 117 Å². The molecule has 0 saturated heterocycles. The van der Waals surface area contributed by atoms with Crippen LogP contribution in [0.2, 0.25) is 0 Å². The third-order valence-electron chi connectivity index (χ3n) is 3.46. The van der Waals surface area contributed by atoms with Crippen LogP contribution < -0.4 is 4.90 Å². The van der Waals surface area contributed by atoms with Crippen molar-refractivity contribution < 1.29 is 19.5 Å². The molecule has 1 N–H and O–H groups in total. The summed E-state index contributed by atoms with van der Waals surface area (Å²) in [7, 11) is 0. The summed E-state index contributed by atoms with van der Waals surface area (Å²) in [5.74, 6) is -1.22. The second-order valence-corrected chi connectivity index (χ2v) is 5.03. The third-order valence-corrected chi connectivity index (χ3v) is 3.46. The van der Waals surface area contributed by atoms with Gasteiger partial charge in [-0.25, -0.2) is 4.79 Å². The molecule has 0 aliphatic carbocycles. The van der Waals surface area contributed by atoms with Crippen molar-refractivity contribution in [3.63, 3.8) is 0 Å². The van der Waals surface area contributed by atoms with Crippen molar-refractivity contribution in [1.82, 2.24) is 0 Å². The van der Waals surface area contributed by atoms with Crippen LogP contribution in [0.5, 0.6) is 0 Å². The summed E-state index contributed by atoms with van der Waals surface area (Å²) in [6.07, 6.45) is 1.38. The Morgan fingerprint density at radius 3 is 2.70 bits per heavy atom. The number of carbonyl (C=O) groups is 3. The average molecular weight is 275 g/mol. The van der Waals surface area contributed by atoms with Gasteiger partial charge in [-0.05, 0) is 31.5 Å². The first kappa shape index (κ1) is 14.2. The zero-order valence-corrected chi connectivity index (χ0v) is 11.5. The van der Waals surface area contributed by atoms with E-state index in [0.717, 1.165) is 6.42 Å². The number of rotatable bonds is 3. The van der Waals surface area contributed by atoms with Gasteiger partial charge < -0.3 is 10.0 Å². The van der Waals surface area contributed by atoms with Crippen LogP contribution in [-0.2, 0) is 4.79 Å². The molecule has 0 spiro atoms. The number of nitrogens with zero attached hydrogens (tertiary/aromatic N) is 1. The largest absolute Gasteiger partial charge is 0.478 e. The van der Waals surface area contributed by atoms with E-state index in [4.69, 9.17) is 5.11 Å². The number of anilines is 1. The lowest BCUT2D eigenvalue weighted by Gasteiger charge is -2.34. The molecule has 5 nitrogen and oxygen atoms in total. The monoisotopic (exact) mass is 275 g/mol. The quantitative estimate of drug-likeness (QED) is 0.919. The standard InChI is InChI=1S/C15H17NO4/c1-3-4-14(18)16-9(2)7-13(17)11-8-10(15(19)20)5-6-12(11)16/h5-6,8-9H,3-4,7H2,1-2H3,(H,19,20)/t9-/m0/s1. The van der Waals surface area contributed by atoms with Crippen LogP contribution in [0.3, 0.4) is 0 Å². The smallest absolute Gasteiger partial charge is 0.335 e. The highest BCUT2D eigenvalue weighted by atomic mass is 16.4. The average Bonchev–Trinajstić information content (AvgIpc) is 2.38. The van der Waals surface area contributed by atoms with Crippen molar-refractivity contribution in [2.45, 2.75) is 39.2 Å². The highest BCUT2D eigenvalue weighted by Crippen LogP contribution is 2.32. The lowest BCUT2D eigenvalue weighted by atomic mass is 9.93. The van der Waals surface area contributed by atoms with Crippen molar-refractivity contribution in [2.75, 3.05) is 4.90 Å². The minimum Gasteiger partial charge on any atom is -0.478 e. The summed E-state index contributed by atoms with van der Waals surface area (Å²) in [6.45, 7) is 3.76. The molecule has 1 aromatic rings. The Bertz CT molecular complexity index is 579. The van der Waals surface area contributed by atoms with Gasteiger partial charge in [-0.15, -0.1) is 0 Å². The van der Waals surface area contributed by atoms with E-state index in [1.54, 1.807) is 11.0 Å². The second-order valence-electron chi connectivity index (χ2n) is 5.03. The molecule has 106 valence electrons. The number of carboxylic acid groups (broad SMARTS) is 1. The molecule has 5 heteroatoms. The first-order valence-electron chi connectivity index (χ1n) is 6.68. The van der Waals surface area contributed by atoms with Crippen LogP contribution >= 0.6 is 0 Å². The molecule has 0 radical (unpaired) electrons.